The van der Waals surface area contributed by atoms with E-state index < -0.39 is 29.5 Å². The highest BCUT2D eigenvalue weighted by molar-refractivity contribution is 6.08. The van der Waals surface area contributed by atoms with Crippen LogP contribution in [0.4, 0.5) is 10.6 Å². The number of imide groups is 1. The highest BCUT2D eigenvalue weighted by atomic mass is 16.5. The van der Waals surface area contributed by atoms with Gasteiger partial charge in [-0.05, 0) is 36.8 Å². The lowest BCUT2D eigenvalue weighted by molar-refractivity contribution is -0.125. The maximum atomic E-state index is 13.1. The van der Waals surface area contributed by atoms with E-state index in [1.165, 1.54) is 37.1 Å². The van der Waals surface area contributed by atoms with Gasteiger partial charge in [0, 0.05) is 18.2 Å². The number of hydrogen-bond donors (Lipinski definition) is 4. The van der Waals surface area contributed by atoms with E-state index in [4.69, 9.17) is 9.15 Å². The number of methoxy groups -OCH3 is 1. The van der Waals surface area contributed by atoms with Crippen molar-refractivity contribution < 1.29 is 33.4 Å². The lowest BCUT2D eigenvalue weighted by atomic mass is 9.95. The summed E-state index contributed by atoms with van der Waals surface area (Å²) in [6.45, 7) is 1.37. The van der Waals surface area contributed by atoms with Gasteiger partial charge in [-0.1, -0.05) is 6.07 Å². The first-order valence-corrected chi connectivity index (χ1v) is 10.7. The maximum Gasteiger partial charge on any atom is 0.322 e. The minimum Gasteiger partial charge on any atom is -0.497 e. The molecule has 1 aromatic carbocycles. The highest BCUT2D eigenvalue weighted by Crippen LogP contribution is 2.35. The Morgan fingerprint density at radius 1 is 1.29 bits per heavy atom. The number of hydrogen-bond acceptors (Lipinski definition) is 8. The summed E-state index contributed by atoms with van der Waals surface area (Å²) < 4.78 is 11.1. The summed E-state index contributed by atoms with van der Waals surface area (Å²) in [5, 5.41) is 16.7. The third kappa shape index (κ3) is 3.73. The van der Waals surface area contributed by atoms with Crippen molar-refractivity contribution in [3.8, 4) is 5.75 Å². The van der Waals surface area contributed by atoms with E-state index in [0.717, 1.165) is 5.56 Å². The Morgan fingerprint density at radius 3 is 2.77 bits per heavy atom. The molecule has 4 heterocycles. The van der Waals surface area contributed by atoms with Gasteiger partial charge in [-0.2, -0.15) is 0 Å². The van der Waals surface area contributed by atoms with Crippen molar-refractivity contribution >= 4 is 40.7 Å². The van der Waals surface area contributed by atoms with Crippen LogP contribution in [0.25, 0.3) is 11.1 Å². The Balaban J connectivity index is 1.49. The van der Waals surface area contributed by atoms with Gasteiger partial charge in [0.05, 0.1) is 13.7 Å². The van der Waals surface area contributed by atoms with E-state index in [2.05, 4.69) is 20.9 Å². The van der Waals surface area contributed by atoms with Crippen LogP contribution >= 0.6 is 0 Å². The third-order valence-corrected chi connectivity index (χ3v) is 5.99. The molecule has 1 saturated heterocycles. The molecule has 12 nitrogen and oxygen atoms in total. The van der Waals surface area contributed by atoms with Crippen LogP contribution in [0, 0.1) is 0 Å². The van der Waals surface area contributed by atoms with Gasteiger partial charge >= 0.3 is 6.03 Å². The van der Waals surface area contributed by atoms with Crippen molar-refractivity contribution in [2.45, 2.75) is 25.1 Å². The molecule has 3 aromatic rings. The standard InChI is InChI=1S/C23H21N5O7/c1-11(29)19(30)25-18-6-5-16-15(24-18)8-17(35-16)23(21(32)26-22(33)27-23)10-28-9-12-3-4-13(34-2)7-14(12)20(28)31/h3-8,11,29H,9-10H2,1-2H3,(H,24,25,30)(H2,26,27,32,33)/t11?,23-/m0/s1. The number of furan rings is 1. The second-order valence-electron chi connectivity index (χ2n) is 8.35. The number of ether oxygens (including phenoxy) is 1. The molecule has 2 aromatic heterocycles. The number of aliphatic hydroxyl groups is 1. The summed E-state index contributed by atoms with van der Waals surface area (Å²) in [4.78, 5) is 55.8. The lowest BCUT2D eigenvalue weighted by Gasteiger charge is -2.28. The Hall–Kier alpha value is -4.45. The molecule has 2 aliphatic rings. The van der Waals surface area contributed by atoms with Gasteiger partial charge in [0.25, 0.3) is 17.7 Å². The molecule has 35 heavy (non-hydrogen) atoms. The van der Waals surface area contributed by atoms with Crippen LogP contribution in [0.15, 0.2) is 40.8 Å². The van der Waals surface area contributed by atoms with Gasteiger partial charge in [-0.25, -0.2) is 9.78 Å². The van der Waals surface area contributed by atoms with Crippen molar-refractivity contribution in [2.24, 2.45) is 0 Å². The highest BCUT2D eigenvalue weighted by Gasteiger charge is 2.53. The predicted octanol–water partition coefficient (Wildman–Crippen LogP) is 0.846. The van der Waals surface area contributed by atoms with Gasteiger partial charge in [-0.15, -0.1) is 0 Å². The summed E-state index contributed by atoms with van der Waals surface area (Å²) in [7, 11) is 1.50. The SMILES string of the molecule is COc1ccc2c(c1)C(=O)N(C[C@@]1(c3cc4nc(NC(=O)C(C)O)ccc4o3)NC(=O)NC1=O)C2. The zero-order valence-corrected chi connectivity index (χ0v) is 18.7. The van der Waals surface area contributed by atoms with Crippen molar-refractivity contribution in [3.05, 3.63) is 53.3 Å². The number of aliphatic hydroxyl groups excluding tert-OH is 1. The molecular formula is C23H21N5O7. The van der Waals surface area contributed by atoms with Crippen LogP contribution in [0.3, 0.4) is 0 Å². The number of carbonyl (C=O) groups excluding carboxylic acids is 4. The van der Waals surface area contributed by atoms with Crippen LogP contribution in [-0.2, 0) is 21.7 Å². The molecule has 1 unspecified atom stereocenters. The van der Waals surface area contributed by atoms with Gasteiger partial charge in [0.2, 0.25) is 0 Å². The number of fused-ring (bicyclic) bond motifs is 2. The lowest BCUT2D eigenvalue weighted by Crippen LogP contribution is -2.52. The first kappa shape index (κ1) is 22.3. The molecule has 180 valence electrons. The van der Waals surface area contributed by atoms with E-state index >= 15 is 0 Å². The molecule has 12 heteroatoms. The molecule has 4 N–H and O–H groups in total. The van der Waals surface area contributed by atoms with Crippen LogP contribution < -0.4 is 20.7 Å². The fraction of sp³-hybridized carbons (Fsp3) is 0.261. The van der Waals surface area contributed by atoms with Crippen molar-refractivity contribution in [1.82, 2.24) is 20.5 Å². The monoisotopic (exact) mass is 479 g/mol. The third-order valence-electron chi connectivity index (χ3n) is 5.99. The number of nitrogens with zero attached hydrogens (tertiary/aromatic N) is 2. The van der Waals surface area contributed by atoms with Crippen molar-refractivity contribution in [3.63, 3.8) is 0 Å². The maximum absolute atomic E-state index is 13.1. The van der Waals surface area contributed by atoms with Crippen molar-refractivity contribution in [2.75, 3.05) is 19.0 Å². The molecule has 0 radical (unpaired) electrons. The Morgan fingerprint density at radius 2 is 2.09 bits per heavy atom. The number of nitrogens with one attached hydrogen (secondary N) is 3. The number of carbonyl (C=O) groups is 4. The molecule has 5 amide bonds. The number of pyridine rings is 1. The fourth-order valence-corrected chi connectivity index (χ4v) is 4.17. The Kier molecular flexibility index (Phi) is 5.17. The average molecular weight is 479 g/mol. The Bertz CT molecular complexity index is 1400. The van der Waals surface area contributed by atoms with E-state index in [9.17, 15) is 24.3 Å². The molecule has 5 rings (SSSR count). The number of rotatable bonds is 6. The molecular weight excluding hydrogens is 458 g/mol. The minimum atomic E-state index is -1.69. The van der Waals surface area contributed by atoms with Gasteiger partial charge < -0.3 is 29.8 Å². The largest absolute Gasteiger partial charge is 0.497 e. The van der Waals surface area contributed by atoms with Gasteiger partial charge in [-0.3, -0.25) is 19.7 Å². The zero-order chi connectivity index (χ0) is 24.9. The second kappa shape index (κ2) is 8.09. The number of aromatic nitrogens is 1. The number of anilines is 1. The summed E-state index contributed by atoms with van der Waals surface area (Å²) in [6, 6.07) is 8.91. The van der Waals surface area contributed by atoms with Gasteiger partial charge in [0.15, 0.2) is 11.1 Å². The quantitative estimate of drug-likeness (QED) is 0.378. The molecule has 1 fully saturated rings. The predicted molar refractivity (Wildman–Crippen MR) is 120 cm³/mol. The summed E-state index contributed by atoms with van der Waals surface area (Å²) >= 11 is 0. The van der Waals surface area contributed by atoms with Crippen LogP contribution in [0.2, 0.25) is 0 Å². The van der Waals surface area contributed by atoms with Gasteiger partial charge in [0.1, 0.15) is 28.9 Å². The molecule has 0 spiro atoms. The average Bonchev–Trinajstić information content (AvgIpc) is 3.47. The Labute approximate surface area is 198 Å². The number of amides is 5. The van der Waals surface area contributed by atoms with E-state index in [1.54, 1.807) is 18.2 Å². The smallest absolute Gasteiger partial charge is 0.322 e. The van der Waals surface area contributed by atoms with Crippen LogP contribution in [0.5, 0.6) is 5.75 Å². The van der Waals surface area contributed by atoms with Crippen LogP contribution in [-0.4, -0.2) is 58.5 Å². The number of benzene rings is 1. The second-order valence-corrected chi connectivity index (χ2v) is 8.35. The molecule has 0 aliphatic carbocycles. The van der Waals surface area contributed by atoms with Crippen LogP contribution in [0.1, 0.15) is 28.6 Å². The molecule has 0 bridgehead atoms. The fourth-order valence-electron chi connectivity index (χ4n) is 4.17. The minimum absolute atomic E-state index is 0.0729. The van der Waals surface area contributed by atoms with E-state index in [-0.39, 0.29) is 30.6 Å². The number of urea groups is 1. The summed E-state index contributed by atoms with van der Waals surface area (Å²) in [5.74, 6) is -0.853. The topological polar surface area (TPSA) is 163 Å². The first-order chi connectivity index (χ1) is 16.7. The first-order valence-electron chi connectivity index (χ1n) is 10.7. The summed E-state index contributed by atoms with van der Waals surface area (Å²) in [6.07, 6.45) is -1.23. The van der Waals surface area contributed by atoms with Crippen molar-refractivity contribution in [1.29, 1.82) is 0 Å². The van der Waals surface area contributed by atoms with E-state index in [1.807, 2.05) is 0 Å². The summed E-state index contributed by atoms with van der Waals surface area (Å²) in [5.41, 5.74) is 0.124. The molecule has 2 atom stereocenters. The normalized spacial score (nSPS) is 20.0. The molecule has 0 saturated carbocycles. The van der Waals surface area contributed by atoms with E-state index in [0.29, 0.717) is 22.4 Å². The molecule has 2 aliphatic heterocycles. The zero-order valence-electron chi connectivity index (χ0n) is 18.7.